The van der Waals surface area contributed by atoms with Gasteiger partial charge in [-0.15, -0.1) is 0 Å². The molecule has 188 valence electrons. The van der Waals surface area contributed by atoms with Gasteiger partial charge in [0.15, 0.2) is 0 Å². The molecule has 3 fully saturated rings. The Bertz CT molecular complexity index is 979. The van der Waals surface area contributed by atoms with Gasteiger partial charge in [0, 0.05) is 36.8 Å². The number of hydrogen-bond acceptors (Lipinski definition) is 4. The second-order valence-corrected chi connectivity index (χ2v) is 10.6. The highest BCUT2D eigenvalue weighted by atomic mass is 16.5. The van der Waals surface area contributed by atoms with E-state index in [1.165, 1.54) is 42.4 Å². The van der Waals surface area contributed by atoms with E-state index in [-0.39, 0.29) is 18.1 Å². The molecule has 0 aromatic heterocycles. The maximum Gasteiger partial charge on any atom is 0.251 e. The molecule has 35 heavy (non-hydrogen) atoms. The van der Waals surface area contributed by atoms with Gasteiger partial charge in [-0.3, -0.25) is 9.69 Å². The van der Waals surface area contributed by atoms with Crippen molar-refractivity contribution < 1.29 is 14.3 Å². The number of carbonyl (C=O) groups is 1. The van der Waals surface area contributed by atoms with Crippen LogP contribution in [0, 0.1) is 0 Å². The lowest BCUT2D eigenvalue weighted by atomic mass is 9.96. The highest BCUT2D eigenvalue weighted by Crippen LogP contribution is 2.38. The molecule has 0 spiro atoms. The predicted molar refractivity (Wildman–Crippen MR) is 139 cm³/mol. The van der Waals surface area contributed by atoms with Crippen LogP contribution in [0.1, 0.15) is 79.4 Å². The first-order chi connectivity index (χ1) is 17.1. The van der Waals surface area contributed by atoms with Gasteiger partial charge in [0.05, 0.1) is 6.10 Å². The number of amides is 1. The second-order valence-electron chi connectivity index (χ2n) is 10.6. The van der Waals surface area contributed by atoms with Crippen LogP contribution in [0.15, 0.2) is 42.5 Å². The fourth-order valence-electron chi connectivity index (χ4n) is 6.15. The van der Waals surface area contributed by atoms with Crippen molar-refractivity contribution in [3.63, 3.8) is 0 Å². The number of carbonyl (C=O) groups excluding carboxylic acids is 1. The second kappa shape index (κ2) is 11.1. The Labute approximate surface area is 210 Å². The molecule has 2 bridgehead atoms. The summed E-state index contributed by atoms with van der Waals surface area (Å²) in [5, 5.41) is 3.18. The number of benzene rings is 2. The van der Waals surface area contributed by atoms with Gasteiger partial charge in [0.2, 0.25) is 0 Å². The quantitative estimate of drug-likeness (QED) is 0.506. The van der Waals surface area contributed by atoms with E-state index in [0.29, 0.717) is 12.2 Å². The summed E-state index contributed by atoms with van der Waals surface area (Å²) in [6, 6.07) is 16.1. The lowest BCUT2D eigenvalue weighted by molar-refractivity contribution is 0.0679. The molecule has 2 atom stereocenters. The minimum absolute atomic E-state index is 0.0395. The van der Waals surface area contributed by atoms with E-state index in [0.717, 1.165) is 56.7 Å². The highest BCUT2D eigenvalue weighted by Gasteiger charge is 2.38. The van der Waals surface area contributed by atoms with Crippen LogP contribution in [-0.4, -0.2) is 48.3 Å². The number of rotatable bonds is 10. The maximum absolute atomic E-state index is 12.8. The number of hydrogen-bond donors (Lipinski definition) is 1. The van der Waals surface area contributed by atoms with E-state index in [2.05, 4.69) is 42.3 Å². The fourth-order valence-corrected chi connectivity index (χ4v) is 6.15. The predicted octanol–water partition coefficient (Wildman–Crippen LogP) is 5.29. The number of nitrogens with one attached hydrogen (secondary N) is 1. The van der Waals surface area contributed by atoms with Gasteiger partial charge in [0.25, 0.3) is 5.91 Å². The van der Waals surface area contributed by atoms with Gasteiger partial charge in [-0.1, -0.05) is 25.1 Å². The number of fused-ring (bicyclic) bond motifs is 2. The monoisotopic (exact) mass is 476 g/mol. The van der Waals surface area contributed by atoms with Crippen molar-refractivity contribution in [1.82, 2.24) is 10.2 Å². The van der Waals surface area contributed by atoms with Gasteiger partial charge < -0.3 is 14.8 Å². The van der Waals surface area contributed by atoms with Gasteiger partial charge in [-0.05, 0) is 99.2 Å². The van der Waals surface area contributed by atoms with E-state index in [4.69, 9.17) is 9.47 Å². The van der Waals surface area contributed by atoms with E-state index in [1.807, 2.05) is 24.3 Å². The zero-order valence-electron chi connectivity index (χ0n) is 21.3. The molecule has 3 heterocycles. The summed E-state index contributed by atoms with van der Waals surface area (Å²) in [7, 11) is 0. The SMILES string of the molecule is CCc1cc(CN2C3CCC2CC3)ccc1C[C@H](C)NC(=O)c1ccc(OC[C@@H]2CCCO2)cc1. The minimum Gasteiger partial charge on any atom is -0.491 e. The molecule has 3 aliphatic heterocycles. The maximum atomic E-state index is 12.8. The number of nitrogens with zero attached hydrogens (tertiary/aromatic N) is 1. The molecular formula is C30H40N2O3. The number of aryl methyl sites for hydroxylation is 1. The van der Waals surface area contributed by atoms with Crippen molar-refractivity contribution in [2.75, 3.05) is 13.2 Å². The average Bonchev–Trinajstić information content (AvgIpc) is 3.62. The van der Waals surface area contributed by atoms with E-state index in [1.54, 1.807) is 0 Å². The van der Waals surface area contributed by atoms with Gasteiger partial charge in [-0.25, -0.2) is 0 Å². The van der Waals surface area contributed by atoms with Crippen molar-refractivity contribution in [1.29, 1.82) is 0 Å². The molecule has 5 rings (SSSR count). The molecule has 0 radical (unpaired) electrons. The molecule has 1 amide bonds. The summed E-state index contributed by atoms with van der Waals surface area (Å²) in [6.07, 6.45) is 9.73. The third-order valence-electron chi connectivity index (χ3n) is 8.10. The Balaban J connectivity index is 1.13. The summed E-state index contributed by atoms with van der Waals surface area (Å²) in [6.45, 7) is 6.80. The van der Waals surface area contributed by atoms with Crippen LogP contribution in [0.3, 0.4) is 0 Å². The Morgan fingerprint density at radius 1 is 1.06 bits per heavy atom. The van der Waals surface area contributed by atoms with Crippen molar-refractivity contribution in [2.45, 2.75) is 96.0 Å². The van der Waals surface area contributed by atoms with Gasteiger partial charge >= 0.3 is 0 Å². The van der Waals surface area contributed by atoms with Crippen molar-refractivity contribution in [3.05, 3.63) is 64.7 Å². The molecular weight excluding hydrogens is 436 g/mol. The first-order valence-corrected chi connectivity index (χ1v) is 13.6. The van der Waals surface area contributed by atoms with Crippen LogP contribution >= 0.6 is 0 Å². The summed E-state index contributed by atoms with van der Waals surface area (Å²) in [5.41, 5.74) is 4.84. The minimum atomic E-state index is -0.0395. The topological polar surface area (TPSA) is 50.8 Å². The largest absolute Gasteiger partial charge is 0.491 e. The molecule has 1 N–H and O–H groups in total. The smallest absolute Gasteiger partial charge is 0.251 e. The van der Waals surface area contributed by atoms with Gasteiger partial charge in [-0.2, -0.15) is 0 Å². The molecule has 0 unspecified atom stereocenters. The Morgan fingerprint density at radius 2 is 1.80 bits per heavy atom. The molecule has 0 saturated carbocycles. The summed E-state index contributed by atoms with van der Waals surface area (Å²) < 4.78 is 11.4. The first kappa shape index (κ1) is 24.3. The van der Waals surface area contributed by atoms with Gasteiger partial charge in [0.1, 0.15) is 12.4 Å². The van der Waals surface area contributed by atoms with Crippen LogP contribution in [0.4, 0.5) is 0 Å². The van der Waals surface area contributed by atoms with Crippen molar-refractivity contribution in [2.24, 2.45) is 0 Å². The lowest BCUT2D eigenvalue weighted by Gasteiger charge is -2.23. The molecule has 0 aliphatic carbocycles. The van der Waals surface area contributed by atoms with E-state index in [9.17, 15) is 4.79 Å². The third kappa shape index (κ3) is 5.90. The van der Waals surface area contributed by atoms with Crippen LogP contribution in [-0.2, 0) is 24.1 Å². The molecule has 2 aromatic rings. The average molecular weight is 477 g/mol. The summed E-state index contributed by atoms with van der Waals surface area (Å²) in [5.74, 6) is 0.738. The van der Waals surface area contributed by atoms with Crippen LogP contribution in [0.25, 0.3) is 0 Å². The van der Waals surface area contributed by atoms with E-state index < -0.39 is 0 Å². The van der Waals surface area contributed by atoms with Crippen LogP contribution < -0.4 is 10.1 Å². The summed E-state index contributed by atoms with van der Waals surface area (Å²) in [4.78, 5) is 15.5. The van der Waals surface area contributed by atoms with E-state index >= 15 is 0 Å². The molecule has 3 saturated heterocycles. The lowest BCUT2D eigenvalue weighted by Crippen LogP contribution is -2.34. The summed E-state index contributed by atoms with van der Waals surface area (Å²) >= 11 is 0. The number of ether oxygens (including phenoxy) is 2. The third-order valence-corrected chi connectivity index (χ3v) is 8.10. The van der Waals surface area contributed by atoms with Crippen molar-refractivity contribution >= 4 is 5.91 Å². The fraction of sp³-hybridized carbons (Fsp3) is 0.567. The Morgan fingerprint density at radius 3 is 2.46 bits per heavy atom. The van der Waals surface area contributed by atoms with Crippen molar-refractivity contribution in [3.8, 4) is 5.75 Å². The molecule has 3 aliphatic rings. The van der Waals surface area contributed by atoms with Crippen LogP contribution in [0.5, 0.6) is 5.75 Å². The Hall–Kier alpha value is -2.37. The molecule has 5 nitrogen and oxygen atoms in total. The standard InChI is InChI=1S/C30H40N2O3/c1-3-23-18-22(19-32-26-10-11-27(32)13-12-26)6-7-25(23)17-21(2)31-30(33)24-8-14-28(15-9-24)35-20-29-5-4-16-34-29/h6-9,14-15,18,21,26-27,29H,3-5,10-13,16-17,19-20H2,1-2H3,(H,31,33)/t21-,26?,27?,29-/m0/s1. The Kier molecular flexibility index (Phi) is 7.74. The molecule has 2 aromatic carbocycles. The molecule has 5 heteroatoms. The zero-order chi connectivity index (χ0) is 24.2. The first-order valence-electron chi connectivity index (χ1n) is 13.6. The highest BCUT2D eigenvalue weighted by molar-refractivity contribution is 5.94. The normalized spacial score (nSPS) is 24.6. The van der Waals surface area contributed by atoms with Crippen LogP contribution in [0.2, 0.25) is 0 Å². The zero-order valence-corrected chi connectivity index (χ0v) is 21.3.